The summed E-state index contributed by atoms with van der Waals surface area (Å²) in [6.07, 6.45) is -2.61. The third-order valence-electron chi connectivity index (χ3n) is 5.30. The maximum Gasteiger partial charge on any atom is 0.335 e. The van der Waals surface area contributed by atoms with Gasteiger partial charge < -0.3 is 40.0 Å². The molecule has 0 aliphatic carbocycles. The monoisotopic (exact) mass is 506 g/mol. The molecular formula is C20H34N4O9S. The van der Waals surface area contributed by atoms with Crippen LogP contribution >= 0.6 is 11.8 Å². The molecule has 0 spiro atoms. The van der Waals surface area contributed by atoms with Gasteiger partial charge in [0.05, 0.1) is 38.1 Å². The number of aromatic nitrogens is 3. The Balaban J connectivity index is 1.67. The lowest BCUT2D eigenvalue weighted by molar-refractivity contribution is -0.295. The van der Waals surface area contributed by atoms with Crippen molar-refractivity contribution in [3.8, 4) is 0 Å². The number of aliphatic hydroxyl groups is 3. The summed E-state index contributed by atoms with van der Waals surface area (Å²) in [5.74, 6) is -0.374. The van der Waals surface area contributed by atoms with Gasteiger partial charge in [-0.2, -0.15) is 11.8 Å². The smallest absolute Gasteiger partial charge is 0.335 e. The number of aliphatic carboxylic acids is 1. The van der Waals surface area contributed by atoms with Crippen molar-refractivity contribution in [2.45, 2.75) is 62.6 Å². The Kier molecular flexibility index (Phi) is 12.3. The number of hydrogen-bond acceptors (Lipinski definition) is 12. The van der Waals surface area contributed by atoms with Crippen LogP contribution in [0.15, 0.2) is 6.20 Å². The van der Waals surface area contributed by atoms with E-state index in [9.17, 15) is 24.9 Å². The molecule has 34 heavy (non-hydrogen) atoms. The van der Waals surface area contributed by atoms with Crippen LogP contribution in [0.5, 0.6) is 0 Å². The number of thioether (sulfide) groups is 1. The van der Waals surface area contributed by atoms with Gasteiger partial charge in [-0.3, -0.25) is 4.79 Å². The molecule has 3 unspecified atom stereocenters. The number of carbonyl (C=O) groups excluding carboxylic acids is 1. The molecule has 13 nitrogen and oxygen atoms in total. The summed E-state index contributed by atoms with van der Waals surface area (Å²) in [6.45, 7) is 0.759. The molecule has 0 bridgehead atoms. The van der Waals surface area contributed by atoms with E-state index in [2.05, 4.69) is 15.6 Å². The molecule has 0 amide bonds. The molecule has 0 radical (unpaired) electrons. The fourth-order valence-corrected chi connectivity index (χ4v) is 3.80. The van der Waals surface area contributed by atoms with Crippen molar-refractivity contribution in [2.24, 2.45) is 0 Å². The first kappa shape index (κ1) is 28.6. The largest absolute Gasteiger partial charge is 0.479 e. The van der Waals surface area contributed by atoms with Crippen molar-refractivity contribution in [3.63, 3.8) is 0 Å². The molecule has 0 saturated carbocycles. The van der Waals surface area contributed by atoms with Crippen LogP contribution in [-0.2, 0) is 36.8 Å². The summed E-state index contributed by atoms with van der Waals surface area (Å²) < 4.78 is 17.3. The average Bonchev–Trinajstić information content (AvgIpc) is 3.26. The van der Waals surface area contributed by atoms with Gasteiger partial charge in [0.2, 0.25) is 0 Å². The molecule has 5 N–H and O–H groups in total. The second kappa shape index (κ2) is 14.7. The third-order valence-corrected chi connectivity index (χ3v) is 5.99. The van der Waals surface area contributed by atoms with Gasteiger partial charge in [0.25, 0.3) is 0 Å². The van der Waals surface area contributed by atoms with E-state index in [1.165, 1.54) is 0 Å². The molecular weight excluding hydrogens is 472 g/mol. The molecule has 14 heteroatoms. The predicted octanol–water partition coefficient (Wildman–Crippen LogP) is -1.95. The lowest BCUT2D eigenvalue weighted by Gasteiger charge is -2.38. The Labute approximate surface area is 201 Å². The summed E-state index contributed by atoms with van der Waals surface area (Å²) in [5.41, 5.74) is 0.693. The number of rotatable bonds is 16. The van der Waals surface area contributed by atoms with E-state index in [0.717, 1.165) is 12.2 Å². The molecule has 2 heterocycles. The highest BCUT2D eigenvalue weighted by Gasteiger charge is 2.47. The lowest BCUT2D eigenvalue weighted by atomic mass is 9.99. The molecule has 2 rings (SSSR count). The molecule has 1 saturated heterocycles. The van der Waals surface area contributed by atoms with Crippen LogP contribution in [0.3, 0.4) is 0 Å². The molecule has 6 atom stereocenters. The molecule has 0 aromatic carbocycles. The van der Waals surface area contributed by atoms with Crippen molar-refractivity contribution < 1.29 is 44.2 Å². The number of ketones is 1. The van der Waals surface area contributed by atoms with Gasteiger partial charge >= 0.3 is 5.97 Å². The maximum absolute atomic E-state index is 12.3. The predicted molar refractivity (Wildman–Crippen MR) is 120 cm³/mol. The number of aliphatic hydroxyl groups excluding tert-OH is 3. The van der Waals surface area contributed by atoms with E-state index in [1.54, 1.807) is 29.7 Å². The fourth-order valence-electron chi connectivity index (χ4n) is 3.37. The number of carboxylic acids is 1. The van der Waals surface area contributed by atoms with Crippen molar-refractivity contribution in [1.29, 1.82) is 0 Å². The van der Waals surface area contributed by atoms with Crippen LogP contribution in [0.4, 0.5) is 0 Å². The number of ether oxygens (including phenoxy) is 3. The first-order valence-corrected chi connectivity index (χ1v) is 12.4. The first-order valence-electron chi connectivity index (χ1n) is 11.0. The van der Waals surface area contributed by atoms with E-state index < -0.39 is 36.7 Å². The van der Waals surface area contributed by atoms with Crippen LogP contribution in [0.25, 0.3) is 0 Å². The Morgan fingerprint density at radius 3 is 2.68 bits per heavy atom. The van der Waals surface area contributed by atoms with Gasteiger partial charge in [0.1, 0.15) is 24.1 Å². The minimum absolute atomic E-state index is 0.0397. The summed E-state index contributed by atoms with van der Waals surface area (Å²) in [4.78, 5) is 23.4. The van der Waals surface area contributed by atoms with Crippen molar-refractivity contribution in [1.82, 2.24) is 20.3 Å². The molecule has 1 aromatic heterocycles. The van der Waals surface area contributed by atoms with E-state index in [4.69, 9.17) is 19.3 Å². The van der Waals surface area contributed by atoms with Crippen molar-refractivity contribution >= 4 is 23.5 Å². The maximum atomic E-state index is 12.3. The zero-order valence-corrected chi connectivity index (χ0v) is 20.1. The highest BCUT2D eigenvalue weighted by atomic mass is 32.2. The molecule has 194 valence electrons. The van der Waals surface area contributed by atoms with Crippen molar-refractivity contribution in [3.05, 3.63) is 11.9 Å². The number of nitrogens with zero attached hydrogens (tertiary/aromatic N) is 3. The van der Waals surface area contributed by atoms with Gasteiger partial charge in [0, 0.05) is 19.0 Å². The highest BCUT2D eigenvalue weighted by molar-refractivity contribution is 7.98. The highest BCUT2D eigenvalue weighted by Crippen LogP contribution is 2.22. The first-order chi connectivity index (χ1) is 16.3. The number of hydrogen-bond donors (Lipinski definition) is 5. The number of nitrogens with one attached hydrogen (secondary N) is 1. The zero-order valence-electron chi connectivity index (χ0n) is 19.3. The van der Waals surface area contributed by atoms with E-state index in [1.807, 2.05) is 6.26 Å². The van der Waals surface area contributed by atoms with Gasteiger partial charge in [0.15, 0.2) is 12.4 Å². The third kappa shape index (κ3) is 8.53. The minimum atomic E-state index is -1.77. The quantitative estimate of drug-likeness (QED) is 0.156. The zero-order chi connectivity index (χ0) is 25.1. The molecule has 1 aliphatic heterocycles. The summed E-state index contributed by atoms with van der Waals surface area (Å²) in [7, 11) is 1.75. The second-order valence-electron chi connectivity index (χ2n) is 7.80. The van der Waals surface area contributed by atoms with Crippen LogP contribution in [0.2, 0.25) is 0 Å². The Bertz CT molecular complexity index is 768. The van der Waals surface area contributed by atoms with E-state index in [-0.39, 0.29) is 31.6 Å². The molecule has 1 fully saturated rings. The second-order valence-corrected chi connectivity index (χ2v) is 8.78. The number of carbonyl (C=O) groups is 2. The number of carboxylic acid groups (broad SMARTS) is 1. The Morgan fingerprint density at radius 1 is 1.24 bits per heavy atom. The topological polar surface area (TPSA) is 185 Å². The molecule has 1 aromatic rings. The lowest BCUT2D eigenvalue weighted by Crippen LogP contribution is -2.60. The van der Waals surface area contributed by atoms with Crippen LogP contribution < -0.4 is 5.32 Å². The fraction of sp³-hybridized carbons (Fsp3) is 0.800. The van der Waals surface area contributed by atoms with Gasteiger partial charge in [-0.15, -0.1) is 5.10 Å². The Morgan fingerprint density at radius 2 is 2.00 bits per heavy atom. The van der Waals surface area contributed by atoms with E-state index >= 15 is 0 Å². The molecule has 1 aliphatic rings. The van der Waals surface area contributed by atoms with Crippen LogP contribution in [-0.4, -0.2) is 123 Å². The summed E-state index contributed by atoms with van der Waals surface area (Å²) in [5, 5.41) is 49.5. The summed E-state index contributed by atoms with van der Waals surface area (Å²) >= 11 is 1.72. The van der Waals surface area contributed by atoms with E-state index in [0.29, 0.717) is 25.1 Å². The number of Topliss-reactive ketones (excluding diaryl/α,β-unsaturated/α-hetero) is 1. The standard InChI is InChI=1S/C20H34N4O9S/c1-21-13(14(25)4-3-9-34-2)10-12-11-24(23-22-12)5-6-31-7-8-32-20-17(28)15(26)16(27)18(33-20)19(29)30/h11,13,15-18,20-21,26-28H,3-10H2,1-2H3,(H,29,30)/t13-,15-,16?,17-,18?,20?/m0/s1. The minimum Gasteiger partial charge on any atom is -0.479 e. The normalized spacial score (nSPS) is 25.9. The number of likely N-dealkylation sites (N-methyl/N-ethyl adjacent to an activating group) is 1. The van der Waals surface area contributed by atoms with Crippen LogP contribution in [0, 0.1) is 0 Å². The van der Waals surface area contributed by atoms with Gasteiger partial charge in [-0.25, -0.2) is 9.48 Å². The van der Waals surface area contributed by atoms with Crippen molar-refractivity contribution in [2.75, 3.05) is 38.9 Å². The van der Waals surface area contributed by atoms with Gasteiger partial charge in [-0.1, -0.05) is 5.21 Å². The van der Waals surface area contributed by atoms with Crippen LogP contribution in [0.1, 0.15) is 18.5 Å². The summed E-state index contributed by atoms with van der Waals surface area (Å²) in [6, 6.07) is -0.307. The van der Waals surface area contributed by atoms with Gasteiger partial charge in [-0.05, 0) is 25.5 Å². The average molecular weight is 507 g/mol. The Hall–Kier alpha value is -1.65. The SMILES string of the molecule is CN[C@@H](Cc1cn(CCOCCOC2OC(C(=O)O)C(O)[C@H](O)[C@@H]2O)nn1)C(=O)CCCSC.